The van der Waals surface area contributed by atoms with Gasteiger partial charge in [0.25, 0.3) is 5.91 Å². The molecule has 4 heteroatoms. The molecule has 1 aliphatic rings. The van der Waals surface area contributed by atoms with Crippen LogP contribution in [0.4, 0.5) is 0 Å². The van der Waals surface area contributed by atoms with Gasteiger partial charge in [0.15, 0.2) is 0 Å². The lowest BCUT2D eigenvalue weighted by Crippen LogP contribution is -2.47. The van der Waals surface area contributed by atoms with Gasteiger partial charge in [-0.05, 0) is 44.6 Å². The van der Waals surface area contributed by atoms with E-state index in [0.29, 0.717) is 0 Å². The number of likely N-dealkylation sites (N-methyl/N-ethyl adjacent to an activating group) is 1. The summed E-state index contributed by atoms with van der Waals surface area (Å²) in [5.74, 6) is 0.756. The number of aliphatic hydroxyl groups is 1. The molecule has 1 unspecified atom stereocenters. The minimum absolute atomic E-state index is 0.0292. The Labute approximate surface area is 119 Å². The van der Waals surface area contributed by atoms with Gasteiger partial charge < -0.3 is 10.0 Å². The molecule has 1 N–H and O–H groups in total. The van der Waals surface area contributed by atoms with Crippen LogP contribution in [0.3, 0.4) is 0 Å². The van der Waals surface area contributed by atoms with E-state index in [4.69, 9.17) is 0 Å². The fourth-order valence-electron chi connectivity index (χ4n) is 2.42. The van der Waals surface area contributed by atoms with Gasteiger partial charge in [-0.25, -0.2) is 0 Å². The number of carbonyl (C=O) groups excluding carboxylic acids is 1. The van der Waals surface area contributed by atoms with Crippen LogP contribution in [0.1, 0.15) is 48.0 Å². The molecule has 0 saturated carbocycles. The molecule has 19 heavy (non-hydrogen) atoms. The van der Waals surface area contributed by atoms with Gasteiger partial charge in [-0.3, -0.25) is 4.79 Å². The molecule has 1 amide bonds. The molecule has 0 aromatic carbocycles. The molecular weight excluding hydrogens is 258 g/mol. The van der Waals surface area contributed by atoms with Gasteiger partial charge in [-0.15, -0.1) is 11.3 Å². The number of hydrogen-bond acceptors (Lipinski definition) is 3. The molecule has 3 nitrogen and oxygen atoms in total. The van der Waals surface area contributed by atoms with E-state index >= 15 is 0 Å². The molecular formula is C15H23NO2S. The van der Waals surface area contributed by atoms with Gasteiger partial charge in [-0.1, -0.05) is 6.92 Å². The van der Waals surface area contributed by atoms with E-state index in [1.54, 1.807) is 23.3 Å². The van der Waals surface area contributed by atoms with Gasteiger partial charge in [0.05, 0.1) is 17.7 Å². The van der Waals surface area contributed by atoms with Gasteiger partial charge in [0.2, 0.25) is 0 Å². The first-order valence-electron chi connectivity index (χ1n) is 6.85. The van der Waals surface area contributed by atoms with Crippen molar-refractivity contribution in [3.05, 3.63) is 21.4 Å². The molecule has 1 atom stereocenters. The van der Waals surface area contributed by atoms with Crippen molar-refractivity contribution in [3.63, 3.8) is 0 Å². The SMILES string of the molecule is CC1CCc2c(C(=O)N(C)C(C)(C)CO)csc2C1. The quantitative estimate of drug-likeness (QED) is 0.925. The molecule has 1 heterocycles. The molecule has 0 spiro atoms. The third-order valence-electron chi connectivity index (χ3n) is 4.23. The molecule has 0 bridgehead atoms. The zero-order valence-electron chi connectivity index (χ0n) is 12.2. The average Bonchev–Trinajstić information content (AvgIpc) is 2.79. The van der Waals surface area contributed by atoms with Crippen LogP contribution >= 0.6 is 11.3 Å². The van der Waals surface area contributed by atoms with Crippen molar-refractivity contribution in [2.24, 2.45) is 5.92 Å². The molecule has 106 valence electrons. The Morgan fingerprint density at radius 1 is 1.58 bits per heavy atom. The first-order valence-corrected chi connectivity index (χ1v) is 7.73. The second-order valence-corrected chi connectivity index (χ2v) is 7.20. The highest BCUT2D eigenvalue weighted by atomic mass is 32.1. The summed E-state index contributed by atoms with van der Waals surface area (Å²) in [4.78, 5) is 15.6. The summed E-state index contributed by atoms with van der Waals surface area (Å²) in [6, 6.07) is 0. The van der Waals surface area contributed by atoms with Crippen LogP contribution in [0, 0.1) is 5.92 Å². The van der Waals surface area contributed by atoms with Crippen molar-refractivity contribution in [2.45, 2.75) is 45.6 Å². The molecule has 0 saturated heterocycles. The van der Waals surface area contributed by atoms with Gasteiger partial charge in [0, 0.05) is 17.3 Å². The zero-order chi connectivity index (χ0) is 14.2. The Kier molecular flexibility index (Phi) is 4.02. The maximum atomic E-state index is 12.6. The van der Waals surface area contributed by atoms with Crippen LogP contribution in [0.2, 0.25) is 0 Å². The number of fused-ring (bicyclic) bond motifs is 1. The largest absolute Gasteiger partial charge is 0.394 e. The Morgan fingerprint density at radius 3 is 2.89 bits per heavy atom. The van der Waals surface area contributed by atoms with Crippen molar-refractivity contribution >= 4 is 17.2 Å². The highest BCUT2D eigenvalue weighted by Crippen LogP contribution is 2.33. The normalized spacial score (nSPS) is 19.1. The highest BCUT2D eigenvalue weighted by Gasteiger charge is 2.31. The number of hydrogen-bond donors (Lipinski definition) is 1. The molecule has 0 fully saturated rings. The Bertz CT molecular complexity index is 478. The van der Waals surface area contributed by atoms with E-state index in [-0.39, 0.29) is 12.5 Å². The summed E-state index contributed by atoms with van der Waals surface area (Å²) in [5, 5.41) is 11.4. The Hall–Kier alpha value is -0.870. The van der Waals surface area contributed by atoms with Crippen LogP contribution in [0.5, 0.6) is 0 Å². The summed E-state index contributed by atoms with van der Waals surface area (Å²) < 4.78 is 0. The summed E-state index contributed by atoms with van der Waals surface area (Å²) in [7, 11) is 1.77. The smallest absolute Gasteiger partial charge is 0.255 e. The van der Waals surface area contributed by atoms with Crippen LogP contribution in [-0.4, -0.2) is 35.1 Å². The number of nitrogens with zero attached hydrogens (tertiary/aromatic N) is 1. The van der Waals surface area contributed by atoms with E-state index in [9.17, 15) is 9.90 Å². The van der Waals surface area contributed by atoms with Crippen molar-refractivity contribution < 1.29 is 9.90 Å². The van der Waals surface area contributed by atoms with Gasteiger partial charge in [-0.2, -0.15) is 0 Å². The molecule has 0 aliphatic heterocycles. The topological polar surface area (TPSA) is 40.5 Å². The number of aliphatic hydroxyl groups excluding tert-OH is 1. The number of thiophene rings is 1. The zero-order valence-corrected chi connectivity index (χ0v) is 13.0. The maximum Gasteiger partial charge on any atom is 0.255 e. The first kappa shape index (κ1) is 14.5. The Balaban J connectivity index is 2.26. The van der Waals surface area contributed by atoms with E-state index in [2.05, 4.69) is 6.92 Å². The minimum atomic E-state index is -0.520. The summed E-state index contributed by atoms with van der Waals surface area (Å²) in [6.45, 7) is 6.00. The van der Waals surface area contributed by atoms with E-state index < -0.39 is 5.54 Å². The monoisotopic (exact) mass is 281 g/mol. The van der Waals surface area contributed by atoms with Crippen LogP contribution < -0.4 is 0 Å². The lowest BCUT2D eigenvalue weighted by molar-refractivity contribution is 0.0472. The van der Waals surface area contributed by atoms with Crippen molar-refractivity contribution in [1.82, 2.24) is 4.90 Å². The molecule has 0 radical (unpaired) electrons. The Morgan fingerprint density at radius 2 is 2.26 bits per heavy atom. The van der Waals surface area contributed by atoms with Crippen LogP contribution in [0.25, 0.3) is 0 Å². The lowest BCUT2D eigenvalue weighted by Gasteiger charge is -2.34. The standard InChI is InChI=1S/C15H23NO2S/c1-10-5-6-11-12(8-19-13(11)7-10)14(18)16(4)15(2,3)9-17/h8,10,17H,5-7,9H2,1-4H3. The number of rotatable bonds is 3. The van der Waals surface area contributed by atoms with Crippen LogP contribution in [0.15, 0.2) is 5.38 Å². The predicted octanol–water partition coefficient (Wildman–Crippen LogP) is 2.72. The third-order valence-corrected chi connectivity index (χ3v) is 5.28. The predicted molar refractivity (Wildman–Crippen MR) is 78.8 cm³/mol. The minimum Gasteiger partial charge on any atom is -0.394 e. The van der Waals surface area contributed by atoms with Gasteiger partial charge >= 0.3 is 0 Å². The third kappa shape index (κ3) is 2.70. The average molecular weight is 281 g/mol. The molecule has 1 aromatic heterocycles. The second kappa shape index (κ2) is 5.25. The molecule has 2 rings (SSSR count). The summed E-state index contributed by atoms with van der Waals surface area (Å²) in [5.41, 5.74) is 1.57. The van der Waals surface area contributed by atoms with E-state index in [0.717, 1.165) is 30.7 Å². The fraction of sp³-hybridized carbons (Fsp3) is 0.667. The first-order chi connectivity index (χ1) is 8.86. The fourth-order valence-corrected chi connectivity index (χ4v) is 3.66. The van der Waals surface area contributed by atoms with Crippen molar-refractivity contribution in [3.8, 4) is 0 Å². The molecule has 1 aromatic rings. The van der Waals surface area contributed by atoms with Crippen molar-refractivity contribution in [2.75, 3.05) is 13.7 Å². The maximum absolute atomic E-state index is 12.6. The molecule has 1 aliphatic carbocycles. The summed E-state index contributed by atoms with van der Waals surface area (Å²) in [6.07, 6.45) is 3.27. The number of amides is 1. The number of carbonyl (C=O) groups is 1. The van der Waals surface area contributed by atoms with Gasteiger partial charge in [0.1, 0.15) is 0 Å². The summed E-state index contributed by atoms with van der Waals surface area (Å²) >= 11 is 1.71. The van der Waals surface area contributed by atoms with Crippen molar-refractivity contribution in [1.29, 1.82) is 0 Å². The van der Waals surface area contributed by atoms with E-state index in [1.807, 2.05) is 19.2 Å². The second-order valence-electron chi connectivity index (χ2n) is 6.23. The lowest BCUT2D eigenvalue weighted by atomic mass is 9.88. The highest BCUT2D eigenvalue weighted by molar-refractivity contribution is 7.10. The van der Waals surface area contributed by atoms with E-state index in [1.165, 1.54) is 10.4 Å². The van der Waals surface area contributed by atoms with Crippen LogP contribution in [-0.2, 0) is 12.8 Å².